The van der Waals surface area contributed by atoms with Gasteiger partial charge in [0.15, 0.2) is 5.82 Å². The Bertz CT molecular complexity index is 595. The number of carbonyl (C=O) groups is 1. The molecule has 2 aromatic heterocycles. The molecule has 0 radical (unpaired) electrons. The summed E-state index contributed by atoms with van der Waals surface area (Å²) < 4.78 is 0.793. The average Bonchev–Trinajstić information content (AvgIpc) is 3.12. The number of tetrazole rings is 1. The molecule has 2 N–H and O–H groups in total. The van der Waals surface area contributed by atoms with Crippen LogP contribution >= 0.6 is 15.9 Å². The molecule has 1 amide bonds. The summed E-state index contributed by atoms with van der Waals surface area (Å²) in [5.41, 5.74) is 1.48. The van der Waals surface area contributed by atoms with E-state index < -0.39 is 0 Å². The molecule has 0 saturated heterocycles. The number of hydrogen-bond acceptors (Lipinski definition) is 5. The number of aromatic nitrogens is 5. The van der Waals surface area contributed by atoms with Crippen LogP contribution in [0.4, 0.5) is 0 Å². The number of nitrogens with zero attached hydrogens (tertiary/aromatic N) is 4. The zero-order chi connectivity index (χ0) is 13.2. The van der Waals surface area contributed by atoms with Gasteiger partial charge in [0.25, 0.3) is 5.91 Å². The molecule has 2 heterocycles. The Morgan fingerprint density at radius 2 is 2.37 bits per heavy atom. The second kappa shape index (κ2) is 5.04. The molecule has 0 bridgehead atoms. The molecule has 7 nitrogen and oxygen atoms in total. The predicted octanol–water partition coefficient (Wildman–Crippen LogP) is 1.16. The number of rotatable bonds is 4. The Balaban J connectivity index is 1.76. The van der Waals surface area contributed by atoms with E-state index in [1.165, 1.54) is 0 Å². The van der Waals surface area contributed by atoms with Gasteiger partial charge < -0.3 is 5.32 Å². The summed E-state index contributed by atoms with van der Waals surface area (Å²) >= 11 is 3.34. The van der Waals surface area contributed by atoms with Crippen LogP contribution in [0.2, 0.25) is 0 Å². The van der Waals surface area contributed by atoms with Gasteiger partial charge in [-0.05, 0) is 34.8 Å². The summed E-state index contributed by atoms with van der Waals surface area (Å²) in [4.78, 5) is 16.5. The highest BCUT2D eigenvalue weighted by Crippen LogP contribution is 2.40. The fourth-order valence-electron chi connectivity index (χ4n) is 1.83. The molecular weight excluding hydrogens is 312 g/mol. The SMILES string of the molecule is O=C(NCc1nn[nH]n1)c1cc(Br)cnc1C1CC1. The van der Waals surface area contributed by atoms with Crippen molar-refractivity contribution in [3.8, 4) is 0 Å². The van der Waals surface area contributed by atoms with E-state index in [2.05, 4.69) is 46.9 Å². The van der Waals surface area contributed by atoms with Crippen LogP contribution in [0.5, 0.6) is 0 Å². The average molecular weight is 323 g/mol. The number of carbonyl (C=O) groups excluding carboxylic acids is 1. The van der Waals surface area contributed by atoms with Crippen molar-refractivity contribution in [2.75, 3.05) is 0 Å². The van der Waals surface area contributed by atoms with Gasteiger partial charge in [-0.3, -0.25) is 9.78 Å². The van der Waals surface area contributed by atoms with Crippen molar-refractivity contribution in [1.29, 1.82) is 0 Å². The third-order valence-corrected chi connectivity index (χ3v) is 3.32. The van der Waals surface area contributed by atoms with E-state index in [1.807, 2.05) is 0 Å². The van der Waals surface area contributed by atoms with Gasteiger partial charge in [0.2, 0.25) is 0 Å². The van der Waals surface area contributed by atoms with Crippen LogP contribution in [0.25, 0.3) is 0 Å². The van der Waals surface area contributed by atoms with Crippen molar-refractivity contribution < 1.29 is 4.79 Å². The minimum absolute atomic E-state index is 0.166. The number of H-pyrrole nitrogens is 1. The van der Waals surface area contributed by atoms with E-state index in [1.54, 1.807) is 12.3 Å². The van der Waals surface area contributed by atoms with Crippen LogP contribution in [0, 0.1) is 0 Å². The molecule has 0 spiro atoms. The third-order valence-electron chi connectivity index (χ3n) is 2.89. The highest BCUT2D eigenvalue weighted by Gasteiger charge is 2.29. The van der Waals surface area contributed by atoms with Crippen molar-refractivity contribution in [2.45, 2.75) is 25.3 Å². The molecule has 98 valence electrons. The van der Waals surface area contributed by atoms with Gasteiger partial charge in [0, 0.05) is 16.6 Å². The summed E-state index contributed by atoms with van der Waals surface area (Å²) in [6.45, 7) is 0.242. The minimum atomic E-state index is -0.166. The Morgan fingerprint density at radius 3 is 3.05 bits per heavy atom. The molecule has 19 heavy (non-hydrogen) atoms. The highest BCUT2D eigenvalue weighted by atomic mass is 79.9. The fraction of sp³-hybridized carbons (Fsp3) is 0.364. The van der Waals surface area contributed by atoms with Gasteiger partial charge in [-0.15, -0.1) is 10.2 Å². The molecular formula is C11H11BrN6O. The molecule has 1 saturated carbocycles. The lowest BCUT2D eigenvalue weighted by Gasteiger charge is -2.08. The molecule has 1 aliphatic rings. The molecule has 3 rings (SSSR count). The molecule has 1 fully saturated rings. The van der Waals surface area contributed by atoms with Crippen LogP contribution in [-0.2, 0) is 6.54 Å². The first-order chi connectivity index (χ1) is 9.24. The quantitative estimate of drug-likeness (QED) is 0.880. The highest BCUT2D eigenvalue weighted by molar-refractivity contribution is 9.10. The van der Waals surface area contributed by atoms with E-state index >= 15 is 0 Å². The van der Waals surface area contributed by atoms with Crippen molar-refractivity contribution in [2.24, 2.45) is 0 Å². The number of aromatic amines is 1. The zero-order valence-corrected chi connectivity index (χ0v) is 11.5. The summed E-state index contributed by atoms with van der Waals surface area (Å²) in [6.07, 6.45) is 3.92. The summed E-state index contributed by atoms with van der Waals surface area (Å²) in [5.74, 6) is 0.698. The van der Waals surface area contributed by atoms with Gasteiger partial charge >= 0.3 is 0 Å². The van der Waals surface area contributed by atoms with E-state index in [0.29, 0.717) is 17.3 Å². The zero-order valence-electron chi connectivity index (χ0n) is 9.93. The summed E-state index contributed by atoms with van der Waals surface area (Å²) in [6, 6.07) is 1.80. The normalized spacial score (nSPS) is 14.4. The van der Waals surface area contributed by atoms with Crippen LogP contribution in [0.3, 0.4) is 0 Å². The standard InChI is InChI=1S/C11H11BrN6O/c12-7-3-8(10(13-4-7)6-1-2-6)11(19)14-5-9-15-17-18-16-9/h3-4,6H,1-2,5H2,(H,14,19)(H,15,16,17,18). The maximum absolute atomic E-state index is 12.2. The fourth-order valence-corrected chi connectivity index (χ4v) is 2.16. The summed E-state index contributed by atoms with van der Waals surface area (Å²) in [5, 5.41) is 16.1. The van der Waals surface area contributed by atoms with Crippen LogP contribution in [0.1, 0.15) is 40.6 Å². The van der Waals surface area contributed by atoms with Crippen molar-refractivity contribution >= 4 is 21.8 Å². The predicted molar refractivity (Wildman–Crippen MR) is 69.3 cm³/mol. The topological polar surface area (TPSA) is 96.5 Å². The summed E-state index contributed by atoms with van der Waals surface area (Å²) in [7, 11) is 0. The lowest BCUT2D eigenvalue weighted by molar-refractivity contribution is 0.0948. The first-order valence-electron chi connectivity index (χ1n) is 5.90. The first-order valence-corrected chi connectivity index (χ1v) is 6.69. The number of nitrogens with one attached hydrogen (secondary N) is 2. The lowest BCUT2D eigenvalue weighted by Crippen LogP contribution is -2.25. The molecule has 1 aliphatic carbocycles. The number of halogens is 1. The molecule has 0 aliphatic heterocycles. The second-order valence-electron chi connectivity index (χ2n) is 4.37. The Kier molecular flexibility index (Phi) is 3.24. The Labute approximate surface area is 117 Å². The van der Waals surface area contributed by atoms with E-state index in [0.717, 1.165) is 23.0 Å². The Morgan fingerprint density at radius 1 is 1.53 bits per heavy atom. The van der Waals surface area contributed by atoms with Crippen molar-refractivity contribution in [3.05, 3.63) is 33.8 Å². The molecule has 2 aromatic rings. The van der Waals surface area contributed by atoms with Gasteiger partial charge in [-0.2, -0.15) is 5.21 Å². The second-order valence-corrected chi connectivity index (χ2v) is 5.29. The van der Waals surface area contributed by atoms with Crippen molar-refractivity contribution in [3.63, 3.8) is 0 Å². The van der Waals surface area contributed by atoms with Gasteiger partial charge in [0.1, 0.15) is 0 Å². The van der Waals surface area contributed by atoms with Crippen LogP contribution < -0.4 is 5.32 Å². The number of hydrogen-bond donors (Lipinski definition) is 2. The minimum Gasteiger partial charge on any atom is -0.345 e. The first kappa shape index (κ1) is 12.2. The number of amides is 1. The van der Waals surface area contributed by atoms with Gasteiger partial charge in [-0.1, -0.05) is 5.21 Å². The van der Waals surface area contributed by atoms with Crippen LogP contribution in [-0.4, -0.2) is 31.5 Å². The molecule has 0 unspecified atom stereocenters. The number of pyridine rings is 1. The van der Waals surface area contributed by atoms with Crippen LogP contribution in [0.15, 0.2) is 16.7 Å². The van der Waals surface area contributed by atoms with Gasteiger partial charge in [0.05, 0.1) is 17.8 Å². The maximum atomic E-state index is 12.2. The largest absolute Gasteiger partial charge is 0.345 e. The van der Waals surface area contributed by atoms with E-state index in [4.69, 9.17) is 0 Å². The molecule has 0 atom stereocenters. The van der Waals surface area contributed by atoms with Crippen molar-refractivity contribution in [1.82, 2.24) is 30.9 Å². The van der Waals surface area contributed by atoms with Gasteiger partial charge in [-0.25, -0.2) is 0 Å². The monoisotopic (exact) mass is 322 g/mol. The van der Waals surface area contributed by atoms with E-state index in [-0.39, 0.29) is 12.5 Å². The smallest absolute Gasteiger partial charge is 0.253 e. The molecule has 0 aromatic carbocycles. The molecule has 8 heteroatoms. The Hall–Kier alpha value is -1.83. The third kappa shape index (κ3) is 2.78. The van der Waals surface area contributed by atoms with E-state index in [9.17, 15) is 4.79 Å². The lowest BCUT2D eigenvalue weighted by atomic mass is 10.1. The maximum Gasteiger partial charge on any atom is 0.253 e.